The van der Waals surface area contributed by atoms with Crippen molar-refractivity contribution in [3.8, 4) is 0 Å². The average Bonchev–Trinajstić information content (AvgIpc) is 2.70. The predicted octanol–water partition coefficient (Wildman–Crippen LogP) is 0.501. The fourth-order valence-electron chi connectivity index (χ4n) is 2.48. The van der Waals surface area contributed by atoms with E-state index in [2.05, 4.69) is 0 Å². The Morgan fingerprint density at radius 3 is 2.55 bits per heavy atom. The zero-order valence-electron chi connectivity index (χ0n) is 11.3. The van der Waals surface area contributed by atoms with E-state index < -0.39 is 34.3 Å². The number of hydrogen-bond donors (Lipinski definition) is 2. The minimum Gasteiger partial charge on any atom is -0.391 e. The molecule has 112 valence electrons. The van der Waals surface area contributed by atoms with Crippen LogP contribution in [0.5, 0.6) is 0 Å². The highest BCUT2D eigenvalue weighted by molar-refractivity contribution is 7.90. The zero-order valence-corrected chi connectivity index (χ0v) is 12.2. The Labute approximate surface area is 119 Å². The van der Waals surface area contributed by atoms with Gasteiger partial charge in [-0.2, -0.15) is 0 Å². The quantitative estimate of drug-likeness (QED) is 0.827. The zero-order chi connectivity index (χ0) is 14.8. The lowest BCUT2D eigenvalue weighted by atomic mass is 10.1. The van der Waals surface area contributed by atoms with E-state index >= 15 is 0 Å². The molecule has 1 fully saturated rings. The standard InChI is InChI=1S/C14H20O5S/c1-10(15)14-13(16)7-12(19-14)9-20(17,18)8-11-5-3-2-4-6-11/h2-6,10,12-16H,7-9H2,1H3/t10-,12+,13+,14-/m1/s1. The van der Waals surface area contributed by atoms with Crippen LogP contribution in [0, 0.1) is 0 Å². The molecule has 4 atom stereocenters. The second-order valence-electron chi connectivity index (χ2n) is 5.31. The van der Waals surface area contributed by atoms with Gasteiger partial charge in [0, 0.05) is 6.42 Å². The third-order valence-electron chi connectivity index (χ3n) is 3.38. The molecule has 1 saturated heterocycles. The molecule has 1 aliphatic rings. The van der Waals surface area contributed by atoms with Crippen molar-refractivity contribution in [2.45, 2.75) is 43.5 Å². The second-order valence-corrected chi connectivity index (χ2v) is 7.42. The molecular formula is C14H20O5S. The first-order chi connectivity index (χ1) is 9.37. The van der Waals surface area contributed by atoms with Crippen molar-refractivity contribution in [2.75, 3.05) is 5.75 Å². The van der Waals surface area contributed by atoms with Crippen LogP contribution in [0.3, 0.4) is 0 Å². The van der Waals surface area contributed by atoms with Crippen LogP contribution in [-0.2, 0) is 20.3 Å². The van der Waals surface area contributed by atoms with Crippen LogP contribution >= 0.6 is 0 Å². The Bertz CT molecular complexity index is 526. The molecular weight excluding hydrogens is 280 g/mol. The Morgan fingerprint density at radius 1 is 1.35 bits per heavy atom. The van der Waals surface area contributed by atoms with Crippen LogP contribution in [0.15, 0.2) is 30.3 Å². The molecule has 0 unspecified atom stereocenters. The SMILES string of the molecule is C[C@@H](O)[C@H]1O[C@H](CS(=O)(=O)Cc2ccccc2)C[C@@H]1O. The number of benzene rings is 1. The van der Waals surface area contributed by atoms with Gasteiger partial charge in [0.25, 0.3) is 0 Å². The Kier molecular flexibility index (Phi) is 4.80. The summed E-state index contributed by atoms with van der Waals surface area (Å²) in [5, 5.41) is 19.2. The maximum absolute atomic E-state index is 12.1. The molecule has 0 aliphatic carbocycles. The molecule has 1 heterocycles. The molecule has 20 heavy (non-hydrogen) atoms. The highest BCUT2D eigenvalue weighted by Gasteiger charge is 2.38. The fraction of sp³-hybridized carbons (Fsp3) is 0.571. The summed E-state index contributed by atoms with van der Waals surface area (Å²) in [4.78, 5) is 0. The molecule has 0 bridgehead atoms. The van der Waals surface area contributed by atoms with Gasteiger partial charge in [-0.1, -0.05) is 30.3 Å². The van der Waals surface area contributed by atoms with Gasteiger partial charge in [0.05, 0.1) is 29.8 Å². The van der Waals surface area contributed by atoms with E-state index in [9.17, 15) is 18.6 Å². The number of hydrogen-bond acceptors (Lipinski definition) is 5. The summed E-state index contributed by atoms with van der Waals surface area (Å²) in [7, 11) is -3.31. The van der Waals surface area contributed by atoms with E-state index in [1.54, 1.807) is 24.3 Å². The van der Waals surface area contributed by atoms with Gasteiger partial charge in [-0.3, -0.25) is 0 Å². The summed E-state index contributed by atoms with van der Waals surface area (Å²) >= 11 is 0. The molecule has 1 aromatic carbocycles. The van der Waals surface area contributed by atoms with Gasteiger partial charge < -0.3 is 14.9 Å². The van der Waals surface area contributed by atoms with Crippen LogP contribution in [0.25, 0.3) is 0 Å². The minimum absolute atomic E-state index is 0.0386. The lowest BCUT2D eigenvalue weighted by molar-refractivity contribution is -0.0537. The fourth-order valence-corrected chi connectivity index (χ4v) is 4.08. The molecule has 5 nitrogen and oxygen atoms in total. The van der Waals surface area contributed by atoms with Crippen molar-refractivity contribution in [1.82, 2.24) is 0 Å². The molecule has 0 radical (unpaired) electrons. The lowest BCUT2D eigenvalue weighted by Gasteiger charge is -2.17. The van der Waals surface area contributed by atoms with Gasteiger partial charge in [0.15, 0.2) is 9.84 Å². The summed E-state index contributed by atoms with van der Waals surface area (Å²) in [6, 6.07) is 8.95. The van der Waals surface area contributed by atoms with Crippen molar-refractivity contribution in [3.63, 3.8) is 0 Å². The number of sulfone groups is 1. The van der Waals surface area contributed by atoms with Crippen LogP contribution in [-0.4, -0.2) is 48.8 Å². The first-order valence-electron chi connectivity index (χ1n) is 6.63. The lowest BCUT2D eigenvalue weighted by Crippen LogP contribution is -2.32. The summed E-state index contributed by atoms with van der Waals surface area (Å²) in [5.74, 6) is -0.175. The van der Waals surface area contributed by atoms with Crippen LogP contribution in [0.1, 0.15) is 18.9 Å². The Balaban J connectivity index is 1.96. The van der Waals surface area contributed by atoms with E-state index in [4.69, 9.17) is 4.74 Å². The van der Waals surface area contributed by atoms with Crippen molar-refractivity contribution in [3.05, 3.63) is 35.9 Å². The van der Waals surface area contributed by atoms with E-state index in [1.807, 2.05) is 6.07 Å². The summed E-state index contributed by atoms with van der Waals surface area (Å²) in [6.07, 6.45) is -2.65. The van der Waals surface area contributed by atoms with Crippen molar-refractivity contribution in [1.29, 1.82) is 0 Å². The molecule has 0 spiro atoms. The van der Waals surface area contributed by atoms with Crippen molar-refractivity contribution in [2.24, 2.45) is 0 Å². The highest BCUT2D eigenvalue weighted by atomic mass is 32.2. The highest BCUT2D eigenvalue weighted by Crippen LogP contribution is 2.24. The Hall–Kier alpha value is -0.950. The first-order valence-corrected chi connectivity index (χ1v) is 8.45. The normalized spacial score (nSPS) is 28.4. The number of aliphatic hydroxyl groups excluding tert-OH is 2. The topological polar surface area (TPSA) is 83.8 Å². The predicted molar refractivity (Wildman–Crippen MR) is 74.9 cm³/mol. The van der Waals surface area contributed by atoms with Gasteiger partial charge in [-0.25, -0.2) is 8.42 Å². The molecule has 1 aliphatic heterocycles. The molecule has 1 aromatic rings. The summed E-state index contributed by atoms with van der Waals surface area (Å²) < 4.78 is 29.7. The van der Waals surface area contributed by atoms with E-state index in [-0.39, 0.29) is 17.9 Å². The molecule has 2 rings (SSSR count). The smallest absolute Gasteiger partial charge is 0.156 e. The van der Waals surface area contributed by atoms with Crippen molar-refractivity contribution < 1.29 is 23.4 Å². The maximum Gasteiger partial charge on any atom is 0.156 e. The third kappa shape index (κ3) is 4.02. The van der Waals surface area contributed by atoms with Crippen LogP contribution < -0.4 is 0 Å². The van der Waals surface area contributed by atoms with E-state index in [1.165, 1.54) is 6.92 Å². The molecule has 6 heteroatoms. The average molecular weight is 300 g/mol. The number of aliphatic hydroxyl groups is 2. The number of ether oxygens (including phenoxy) is 1. The minimum atomic E-state index is -3.31. The third-order valence-corrected chi connectivity index (χ3v) is 5.03. The Morgan fingerprint density at radius 2 is 2.00 bits per heavy atom. The van der Waals surface area contributed by atoms with Gasteiger partial charge in [0.1, 0.15) is 6.10 Å². The van der Waals surface area contributed by atoms with Crippen LogP contribution in [0.4, 0.5) is 0 Å². The monoisotopic (exact) mass is 300 g/mol. The van der Waals surface area contributed by atoms with Gasteiger partial charge >= 0.3 is 0 Å². The van der Waals surface area contributed by atoms with Gasteiger partial charge in [-0.05, 0) is 12.5 Å². The molecule has 0 amide bonds. The van der Waals surface area contributed by atoms with Crippen molar-refractivity contribution >= 4 is 9.84 Å². The largest absolute Gasteiger partial charge is 0.391 e. The summed E-state index contributed by atoms with van der Waals surface area (Å²) in [6.45, 7) is 1.52. The molecule has 0 saturated carbocycles. The van der Waals surface area contributed by atoms with Crippen LogP contribution in [0.2, 0.25) is 0 Å². The number of rotatable bonds is 5. The molecule has 2 N–H and O–H groups in total. The van der Waals surface area contributed by atoms with Gasteiger partial charge in [0.2, 0.25) is 0 Å². The van der Waals surface area contributed by atoms with Gasteiger partial charge in [-0.15, -0.1) is 0 Å². The maximum atomic E-state index is 12.1. The van der Waals surface area contributed by atoms with E-state index in [0.717, 1.165) is 5.56 Å². The van der Waals surface area contributed by atoms with E-state index in [0.29, 0.717) is 0 Å². The summed E-state index contributed by atoms with van der Waals surface area (Å²) in [5.41, 5.74) is 0.734. The first kappa shape index (κ1) is 15.4. The second kappa shape index (κ2) is 6.22. The molecule has 0 aromatic heterocycles.